The molecule has 0 N–H and O–H groups in total. The minimum absolute atomic E-state index is 0.0688. The Bertz CT molecular complexity index is 705. The summed E-state index contributed by atoms with van der Waals surface area (Å²) in [6.45, 7) is 4.88. The van der Waals surface area contributed by atoms with Crippen LogP contribution < -0.4 is 0 Å². The fraction of sp³-hybridized carbons (Fsp3) is 0.500. The molecule has 0 heterocycles. The van der Waals surface area contributed by atoms with Crippen LogP contribution >= 0.6 is 0 Å². The summed E-state index contributed by atoms with van der Waals surface area (Å²) in [6.07, 6.45) is 1.61. The van der Waals surface area contributed by atoms with Crippen molar-refractivity contribution in [1.82, 2.24) is 0 Å². The molecule has 0 radical (unpaired) electrons. The third-order valence-electron chi connectivity index (χ3n) is 4.90. The normalized spacial score (nSPS) is 22.4. The second kappa shape index (κ2) is 6.56. The van der Waals surface area contributed by atoms with Crippen LogP contribution in [-0.4, -0.2) is 7.11 Å². The first kappa shape index (κ1) is 18.5. The molecule has 0 spiro atoms. The van der Waals surface area contributed by atoms with E-state index in [9.17, 15) is 17.6 Å². The van der Waals surface area contributed by atoms with Crippen LogP contribution in [0.25, 0.3) is 0 Å². The fourth-order valence-electron chi connectivity index (χ4n) is 3.21. The number of halogens is 4. The van der Waals surface area contributed by atoms with Crippen LogP contribution in [0.2, 0.25) is 0 Å². The number of ether oxygens (including phenoxy) is 1. The van der Waals surface area contributed by atoms with Crippen molar-refractivity contribution < 1.29 is 22.3 Å². The van der Waals surface area contributed by atoms with Gasteiger partial charge >= 0.3 is 0 Å². The van der Waals surface area contributed by atoms with Crippen LogP contribution in [0.1, 0.15) is 31.9 Å². The summed E-state index contributed by atoms with van der Waals surface area (Å²) in [6, 6.07) is 2.00. The summed E-state index contributed by atoms with van der Waals surface area (Å²) in [5.74, 6) is -5.83. The molecular weight excluding hydrogens is 322 g/mol. The molecule has 1 aromatic rings. The first-order valence-corrected chi connectivity index (χ1v) is 7.57. The molecule has 0 aromatic heterocycles. The maximum Gasteiger partial charge on any atom is 0.167 e. The number of nitrogens with zero attached hydrogens (tertiary/aromatic N) is 1. The van der Waals surface area contributed by atoms with Gasteiger partial charge in [-0.05, 0) is 30.6 Å². The molecule has 1 fully saturated rings. The van der Waals surface area contributed by atoms with Crippen LogP contribution in [0.15, 0.2) is 11.6 Å². The molecule has 0 unspecified atom stereocenters. The number of hydrogen-bond donors (Lipinski definition) is 0. The second-order valence-corrected chi connectivity index (χ2v) is 6.77. The van der Waals surface area contributed by atoms with E-state index < -0.39 is 41.0 Å². The van der Waals surface area contributed by atoms with Crippen LogP contribution in [0, 0.1) is 51.9 Å². The summed E-state index contributed by atoms with van der Waals surface area (Å²) >= 11 is 0. The summed E-state index contributed by atoms with van der Waals surface area (Å²) in [4.78, 5) is 0. The largest absolute Gasteiger partial charge is 0.380 e. The Hall–Kier alpha value is -1.87. The Morgan fingerprint density at radius 1 is 1.12 bits per heavy atom. The van der Waals surface area contributed by atoms with Crippen molar-refractivity contribution in [3.8, 4) is 6.07 Å². The Morgan fingerprint density at radius 2 is 1.62 bits per heavy atom. The highest BCUT2D eigenvalue weighted by molar-refractivity contribution is 5.33. The SMILES string of the molecule is COCc1c(F)c(F)c(C[C@@H]2[C@@H](/C=C(\C)C#N)C2(C)C)c(F)c1F. The third kappa shape index (κ3) is 3.05. The Morgan fingerprint density at radius 3 is 2.08 bits per heavy atom. The highest BCUT2D eigenvalue weighted by Gasteiger charge is 2.56. The van der Waals surface area contributed by atoms with Gasteiger partial charge in [0.05, 0.1) is 18.2 Å². The summed E-state index contributed by atoms with van der Waals surface area (Å²) in [7, 11) is 1.18. The zero-order chi connectivity index (χ0) is 18.2. The van der Waals surface area contributed by atoms with E-state index in [-0.39, 0.29) is 23.7 Å². The predicted octanol–water partition coefficient (Wildman–Crippen LogP) is 4.67. The van der Waals surface area contributed by atoms with E-state index in [1.165, 1.54) is 7.11 Å². The Kier molecular flexibility index (Phi) is 5.05. The molecule has 6 heteroatoms. The molecule has 2 atom stereocenters. The molecule has 130 valence electrons. The standard InChI is InChI=1S/C18H19F4NO/c1-9(7-23)5-12-13(18(12,2)3)6-10-14(19)16(21)11(8-24-4)17(22)15(10)20/h5,12-13H,6,8H2,1-4H3/b9-5+/t12-,13-/m1/s1. The van der Waals surface area contributed by atoms with Gasteiger partial charge in [0.1, 0.15) is 0 Å². The van der Waals surface area contributed by atoms with E-state index in [2.05, 4.69) is 4.74 Å². The van der Waals surface area contributed by atoms with Gasteiger partial charge in [0.25, 0.3) is 0 Å². The lowest BCUT2D eigenvalue weighted by molar-refractivity contribution is 0.175. The van der Waals surface area contributed by atoms with Crippen molar-refractivity contribution in [2.24, 2.45) is 17.3 Å². The molecule has 0 bridgehead atoms. The average Bonchev–Trinajstić information content (AvgIpc) is 3.05. The maximum absolute atomic E-state index is 14.2. The number of rotatable bonds is 5. The van der Waals surface area contributed by atoms with Crippen LogP contribution in [0.5, 0.6) is 0 Å². The quantitative estimate of drug-likeness (QED) is 0.443. The van der Waals surface area contributed by atoms with Crippen LogP contribution in [0.3, 0.4) is 0 Å². The molecule has 24 heavy (non-hydrogen) atoms. The van der Waals surface area contributed by atoms with Gasteiger partial charge in [-0.15, -0.1) is 0 Å². The number of methoxy groups -OCH3 is 1. The van der Waals surface area contributed by atoms with E-state index in [1.54, 1.807) is 13.0 Å². The molecule has 0 saturated heterocycles. The zero-order valence-electron chi connectivity index (χ0n) is 14.0. The monoisotopic (exact) mass is 341 g/mol. The maximum atomic E-state index is 14.2. The van der Waals surface area contributed by atoms with Crippen molar-refractivity contribution in [1.29, 1.82) is 5.26 Å². The molecule has 2 rings (SSSR count). The molecule has 1 aliphatic carbocycles. The van der Waals surface area contributed by atoms with Crippen molar-refractivity contribution in [3.05, 3.63) is 46.0 Å². The zero-order valence-corrected chi connectivity index (χ0v) is 14.0. The summed E-state index contributed by atoms with van der Waals surface area (Å²) in [5.41, 5.74) is -1.13. The Balaban J connectivity index is 2.37. The topological polar surface area (TPSA) is 33.0 Å². The lowest BCUT2D eigenvalue weighted by Gasteiger charge is -2.12. The molecule has 0 aliphatic heterocycles. The molecule has 2 nitrogen and oxygen atoms in total. The first-order chi connectivity index (χ1) is 11.2. The minimum atomic E-state index is -1.41. The number of nitriles is 1. The van der Waals surface area contributed by atoms with Crippen molar-refractivity contribution in [2.75, 3.05) is 7.11 Å². The third-order valence-corrected chi connectivity index (χ3v) is 4.90. The molecule has 0 amide bonds. The second-order valence-electron chi connectivity index (χ2n) is 6.77. The molecule has 1 saturated carbocycles. The minimum Gasteiger partial charge on any atom is -0.380 e. The highest BCUT2D eigenvalue weighted by atomic mass is 19.2. The predicted molar refractivity (Wildman–Crippen MR) is 80.8 cm³/mol. The van der Waals surface area contributed by atoms with E-state index in [4.69, 9.17) is 5.26 Å². The van der Waals surface area contributed by atoms with Crippen LogP contribution in [-0.2, 0) is 17.8 Å². The van der Waals surface area contributed by atoms with Gasteiger partial charge in [-0.1, -0.05) is 19.9 Å². The summed E-state index contributed by atoms with van der Waals surface area (Å²) in [5, 5.41) is 8.85. The highest BCUT2D eigenvalue weighted by Crippen LogP contribution is 2.60. The average molecular weight is 341 g/mol. The number of benzene rings is 1. The molecule has 1 aliphatic rings. The van der Waals surface area contributed by atoms with Gasteiger partial charge in [0.15, 0.2) is 23.3 Å². The van der Waals surface area contributed by atoms with Gasteiger partial charge in [-0.25, -0.2) is 17.6 Å². The van der Waals surface area contributed by atoms with Gasteiger partial charge in [-0.2, -0.15) is 5.26 Å². The van der Waals surface area contributed by atoms with Crippen molar-refractivity contribution in [2.45, 2.75) is 33.8 Å². The summed E-state index contributed by atoms with van der Waals surface area (Å²) < 4.78 is 61.0. The Labute approximate surface area is 138 Å². The van der Waals surface area contributed by atoms with Crippen molar-refractivity contribution in [3.63, 3.8) is 0 Å². The number of allylic oxidation sites excluding steroid dienone is 2. The van der Waals surface area contributed by atoms with Gasteiger partial charge < -0.3 is 4.74 Å². The van der Waals surface area contributed by atoms with Gasteiger partial charge in [0.2, 0.25) is 0 Å². The lowest BCUT2D eigenvalue weighted by atomic mass is 9.99. The number of hydrogen-bond acceptors (Lipinski definition) is 2. The van der Waals surface area contributed by atoms with E-state index in [0.29, 0.717) is 5.57 Å². The van der Waals surface area contributed by atoms with E-state index in [1.807, 2.05) is 19.9 Å². The lowest BCUT2D eigenvalue weighted by Crippen LogP contribution is -2.11. The first-order valence-electron chi connectivity index (χ1n) is 7.57. The van der Waals surface area contributed by atoms with Gasteiger partial charge in [0, 0.05) is 18.2 Å². The molecule has 1 aromatic carbocycles. The van der Waals surface area contributed by atoms with Crippen molar-refractivity contribution >= 4 is 0 Å². The fourth-order valence-corrected chi connectivity index (χ4v) is 3.21. The van der Waals surface area contributed by atoms with E-state index >= 15 is 0 Å². The van der Waals surface area contributed by atoms with Gasteiger partial charge in [-0.3, -0.25) is 0 Å². The van der Waals surface area contributed by atoms with E-state index in [0.717, 1.165) is 0 Å². The molecular formula is C18H19F4NO. The smallest absolute Gasteiger partial charge is 0.167 e. The van der Waals surface area contributed by atoms with Crippen LogP contribution in [0.4, 0.5) is 17.6 Å².